The molecule has 0 bridgehead atoms. The molecule has 4 rings (SSSR count). The average molecular weight is 405 g/mol. The van der Waals surface area contributed by atoms with Crippen molar-refractivity contribution in [2.45, 2.75) is 40.5 Å². The van der Waals surface area contributed by atoms with Crippen LogP contribution >= 0.6 is 0 Å². The van der Waals surface area contributed by atoms with Gasteiger partial charge in [-0.05, 0) is 45.0 Å². The second kappa shape index (κ2) is 8.36. The topological polar surface area (TPSA) is 95.1 Å². The molecule has 8 heteroatoms. The molecule has 1 amide bonds. The molecule has 0 saturated carbocycles. The highest BCUT2D eigenvalue weighted by atomic mass is 16.5. The van der Waals surface area contributed by atoms with Crippen molar-refractivity contribution in [3.05, 3.63) is 71.0 Å². The highest BCUT2D eigenvalue weighted by Crippen LogP contribution is 2.20. The molecule has 4 aromatic rings. The van der Waals surface area contributed by atoms with Crippen LogP contribution in [0.3, 0.4) is 0 Å². The van der Waals surface area contributed by atoms with Crippen LogP contribution in [-0.4, -0.2) is 25.8 Å². The Balaban J connectivity index is 1.36. The van der Waals surface area contributed by atoms with Gasteiger partial charge in [-0.2, -0.15) is 5.10 Å². The van der Waals surface area contributed by atoms with E-state index in [0.29, 0.717) is 18.1 Å². The summed E-state index contributed by atoms with van der Waals surface area (Å²) in [5, 5.41) is 12.2. The van der Waals surface area contributed by atoms with Crippen LogP contribution in [0.2, 0.25) is 0 Å². The van der Waals surface area contributed by atoms with Crippen LogP contribution in [0, 0.1) is 13.8 Å². The van der Waals surface area contributed by atoms with E-state index in [-0.39, 0.29) is 18.2 Å². The molecule has 0 aliphatic carbocycles. The maximum Gasteiger partial charge on any atom is 0.273 e. The predicted octanol–water partition coefficient (Wildman–Crippen LogP) is 3.57. The summed E-state index contributed by atoms with van der Waals surface area (Å²) in [5.41, 5.74) is 4.10. The van der Waals surface area contributed by atoms with Crippen molar-refractivity contribution in [3.63, 3.8) is 0 Å². The Bertz CT molecular complexity index is 1190. The van der Waals surface area contributed by atoms with Gasteiger partial charge in [0.15, 0.2) is 11.5 Å². The quantitative estimate of drug-likeness (QED) is 0.505. The van der Waals surface area contributed by atoms with Gasteiger partial charge in [0.2, 0.25) is 0 Å². The average Bonchev–Trinajstić information content (AvgIpc) is 3.35. The summed E-state index contributed by atoms with van der Waals surface area (Å²) in [7, 11) is 0. The van der Waals surface area contributed by atoms with Gasteiger partial charge in [0.1, 0.15) is 12.4 Å². The van der Waals surface area contributed by atoms with Gasteiger partial charge in [0.05, 0.1) is 11.2 Å². The first-order chi connectivity index (χ1) is 14.5. The molecule has 0 saturated heterocycles. The van der Waals surface area contributed by atoms with Gasteiger partial charge in [-0.1, -0.05) is 11.2 Å². The zero-order valence-electron chi connectivity index (χ0n) is 17.2. The fraction of sp³-hybridized carbons (Fsp3) is 0.273. The molecular weight excluding hydrogens is 382 g/mol. The van der Waals surface area contributed by atoms with Crippen LogP contribution in [0.4, 0.5) is 0 Å². The predicted molar refractivity (Wildman–Crippen MR) is 111 cm³/mol. The number of aromatic nitrogens is 4. The van der Waals surface area contributed by atoms with Crippen LogP contribution in [-0.2, 0) is 19.7 Å². The van der Waals surface area contributed by atoms with E-state index in [0.717, 1.165) is 34.4 Å². The molecule has 3 heterocycles. The van der Waals surface area contributed by atoms with Gasteiger partial charge in [-0.3, -0.25) is 14.5 Å². The van der Waals surface area contributed by atoms with Crippen molar-refractivity contribution < 1.29 is 14.1 Å². The minimum atomic E-state index is -0.301. The fourth-order valence-corrected chi connectivity index (χ4v) is 3.34. The molecule has 30 heavy (non-hydrogen) atoms. The van der Waals surface area contributed by atoms with Gasteiger partial charge in [0, 0.05) is 42.0 Å². The molecule has 0 aliphatic rings. The van der Waals surface area contributed by atoms with E-state index in [1.165, 1.54) is 0 Å². The Kier molecular flexibility index (Phi) is 5.47. The summed E-state index contributed by atoms with van der Waals surface area (Å²) >= 11 is 0. The van der Waals surface area contributed by atoms with Crippen molar-refractivity contribution in [1.29, 1.82) is 0 Å². The largest absolute Gasteiger partial charge is 0.486 e. The van der Waals surface area contributed by atoms with Crippen LogP contribution < -0.4 is 10.1 Å². The third-order valence-electron chi connectivity index (χ3n) is 5.00. The lowest BCUT2D eigenvalue weighted by molar-refractivity contribution is 0.0941. The highest BCUT2D eigenvalue weighted by Gasteiger charge is 2.16. The van der Waals surface area contributed by atoms with Crippen molar-refractivity contribution in [3.8, 4) is 5.75 Å². The summed E-state index contributed by atoms with van der Waals surface area (Å²) in [6.45, 7) is 7.33. The standard InChI is InChI=1S/C22H23N5O3/c1-4-27-15(3)19(14(2)25-27)12-24-22(28)21-11-18(30-26-21)13-29-17-7-8-20-16(10-17)6-5-9-23-20/h5-11H,4,12-13H2,1-3H3,(H,24,28). The lowest BCUT2D eigenvalue weighted by Crippen LogP contribution is -2.23. The summed E-state index contributed by atoms with van der Waals surface area (Å²) in [4.78, 5) is 16.7. The van der Waals surface area contributed by atoms with Crippen molar-refractivity contribution in [1.82, 2.24) is 25.2 Å². The number of pyridine rings is 1. The molecular formula is C22H23N5O3. The van der Waals surface area contributed by atoms with Gasteiger partial charge in [-0.25, -0.2) is 0 Å². The molecule has 8 nitrogen and oxygen atoms in total. The SMILES string of the molecule is CCn1nc(C)c(CNC(=O)c2cc(COc3ccc4ncccc4c3)on2)c1C. The second-order valence-electron chi connectivity index (χ2n) is 6.97. The highest BCUT2D eigenvalue weighted by molar-refractivity contribution is 5.92. The number of carbonyl (C=O) groups excluding carboxylic acids is 1. The zero-order valence-corrected chi connectivity index (χ0v) is 17.2. The van der Waals surface area contributed by atoms with Crippen LogP contribution in [0.25, 0.3) is 10.9 Å². The number of benzene rings is 1. The Morgan fingerprint density at radius 1 is 1.23 bits per heavy atom. The number of hydrogen-bond acceptors (Lipinski definition) is 6. The van der Waals surface area contributed by atoms with E-state index < -0.39 is 0 Å². The molecule has 0 fully saturated rings. The maximum atomic E-state index is 12.4. The Morgan fingerprint density at radius 2 is 2.10 bits per heavy atom. The molecule has 0 spiro atoms. The first-order valence-corrected chi connectivity index (χ1v) is 9.79. The zero-order chi connectivity index (χ0) is 21.1. The Labute approximate surface area is 173 Å². The van der Waals surface area contributed by atoms with E-state index in [4.69, 9.17) is 9.26 Å². The van der Waals surface area contributed by atoms with Gasteiger partial charge < -0.3 is 14.6 Å². The molecule has 0 aliphatic heterocycles. The number of fused-ring (bicyclic) bond motifs is 1. The number of carbonyl (C=O) groups is 1. The first-order valence-electron chi connectivity index (χ1n) is 9.79. The molecule has 0 atom stereocenters. The van der Waals surface area contributed by atoms with Gasteiger partial charge in [0.25, 0.3) is 5.91 Å². The maximum absolute atomic E-state index is 12.4. The van der Waals surface area contributed by atoms with Crippen LogP contribution in [0.1, 0.15) is 40.1 Å². The summed E-state index contributed by atoms with van der Waals surface area (Å²) in [5.74, 6) is 0.860. The minimum Gasteiger partial charge on any atom is -0.486 e. The lowest BCUT2D eigenvalue weighted by Gasteiger charge is -2.05. The van der Waals surface area contributed by atoms with E-state index in [1.54, 1.807) is 12.3 Å². The number of rotatable bonds is 7. The number of hydrogen-bond donors (Lipinski definition) is 1. The van der Waals surface area contributed by atoms with Crippen molar-refractivity contribution >= 4 is 16.8 Å². The third-order valence-corrected chi connectivity index (χ3v) is 5.00. The van der Waals surface area contributed by atoms with E-state index in [1.807, 2.05) is 55.8 Å². The van der Waals surface area contributed by atoms with Gasteiger partial charge in [-0.15, -0.1) is 0 Å². The monoisotopic (exact) mass is 405 g/mol. The van der Waals surface area contributed by atoms with E-state index in [2.05, 4.69) is 20.6 Å². The number of ether oxygens (including phenoxy) is 1. The normalized spacial score (nSPS) is 11.0. The summed E-state index contributed by atoms with van der Waals surface area (Å²) < 4.78 is 12.9. The lowest BCUT2D eigenvalue weighted by atomic mass is 10.2. The second-order valence-corrected chi connectivity index (χ2v) is 6.97. The van der Waals surface area contributed by atoms with Crippen LogP contribution in [0.15, 0.2) is 47.1 Å². The minimum absolute atomic E-state index is 0.174. The summed E-state index contributed by atoms with van der Waals surface area (Å²) in [6, 6.07) is 11.1. The molecule has 3 aromatic heterocycles. The van der Waals surface area contributed by atoms with Gasteiger partial charge >= 0.3 is 0 Å². The Morgan fingerprint density at radius 3 is 2.90 bits per heavy atom. The molecule has 0 unspecified atom stereocenters. The Hall–Kier alpha value is -3.68. The van der Waals surface area contributed by atoms with E-state index in [9.17, 15) is 4.79 Å². The van der Waals surface area contributed by atoms with Crippen molar-refractivity contribution in [2.75, 3.05) is 0 Å². The van der Waals surface area contributed by atoms with Crippen LogP contribution in [0.5, 0.6) is 5.75 Å². The molecule has 1 N–H and O–H groups in total. The smallest absolute Gasteiger partial charge is 0.273 e. The third kappa shape index (κ3) is 4.03. The van der Waals surface area contributed by atoms with Crippen molar-refractivity contribution in [2.24, 2.45) is 0 Å². The van der Waals surface area contributed by atoms with E-state index >= 15 is 0 Å². The molecule has 154 valence electrons. The number of amides is 1. The summed E-state index contributed by atoms with van der Waals surface area (Å²) in [6.07, 6.45) is 1.75. The first kappa shape index (κ1) is 19.6. The molecule has 0 radical (unpaired) electrons. The number of aryl methyl sites for hydroxylation is 2. The number of nitrogens with zero attached hydrogens (tertiary/aromatic N) is 4. The number of nitrogens with one attached hydrogen (secondary N) is 1. The molecule has 1 aromatic carbocycles. The fourth-order valence-electron chi connectivity index (χ4n) is 3.34.